The van der Waals surface area contributed by atoms with E-state index in [1.54, 1.807) is 0 Å². The van der Waals surface area contributed by atoms with Crippen molar-refractivity contribution >= 4 is 10.8 Å². The van der Waals surface area contributed by atoms with Gasteiger partial charge in [-0.2, -0.15) is 0 Å². The first kappa shape index (κ1) is 18.3. The number of aromatic nitrogens is 1. The summed E-state index contributed by atoms with van der Waals surface area (Å²) in [5, 5.41) is 13.2. The Kier molecular flexibility index (Phi) is 2.94. The minimum Gasteiger partial charge on any atom is -0.390 e. The van der Waals surface area contributed by atoms with E-state index in [4.69, 9.17) is 9.47 Å². The molecule has 1 aromatic carbocycles. The van der Waals surface area contributed by atoms with Gasteiger partial charge in [0.05, 0.1) is 17.3 Å². The van der Waals surface area contributed by atoms with Crippen LogP contribution in [0.4, 0.5) is 0 Å². The molecule has 7 aliphatic rings. The van der Waals surface area contributed by atoms with Crippen LogP contribution in [0.1, 0.15) is 51.0 Å². The minimum absolute atomic E-state index is 0.00202. The maximum absolute atomic E-state index is 10.7. The molecule has 0 radical (unpaired) electrons. The van der Waals surface area contributed by atoms with Crippen LogP contribution in [0.3, 0.4) is 0 Å². The maximum Gasteiger partial charge on any atom is 0.114 e. The second kappa shape index (κ2) is 5.30. The summed E-state index contributed by atoms with van der Waals surface area (Å²) in [5.41, 5.74) is 4.20. The first-order chi connectivity index (χ1) is 16.0. The van der Waals surface area contributed by atoms with E-state index in [2.05, 4.69) is 48.3 Å². The molecule has 5 fully saturated rings. The number of epoxide rings is 1. The van der Waals surface area contributed by atoms with E-state index < -0.39 is 6.10 Å². The van der Waals surface area contributed by atoms with Gasteiger partial charge in [0, 0.05) is 29.6 Å². The molecule has 1 unspecified atom stereocenters. The molecule has 33 heavy (non-hydrogen) atoms. The number of aliphatic hydroxyl groups excluding tert-OH is 1. The lowest BCUT2D eigenvalue weighted by Crippen LogP contribution is -2.56. The number of pyridine rings is 1. The molecule has 1 aromatic heterocycles. The van der Waals surface area contributed by atoms with Crippen molar-refractivity contribution in [1.29, 1.82) is 0 Å². The third-order valence-electron chi connectivity index (χ3n) is 11.2. The predicted molar refractivity (Wildman–Crippen MR) is 124 cm³/mol. The fourth-order valence-electron chi connectivity index (χ4n) is 9.63. The van der Waals surface area contributed by atoms with Gasteiger partial charge in [0.1, 0.15) is 12.2 Å². The SMILES string of the molecule is C[C@]12CC=C3C=C4[C@H]5O[C@H]5[C@@H](O)C[C@]45CCC3(O5)[C@@H]1C[C@H]1C[C@]12c1ccc2ccncc2c1. The van der Waals surface area contributed by atoms with Crippen molar-refractivity contribution < 1.29 is 14.6 Å². The Balaban J connectivity index is 1.18. The highest BCUT2D eigenvalue weighted by atomic mass is 16.6. The molecule has 4 heterocycles. The molecular formula is C29H29NO3. The van der Waals surface area contributed by atoms with Gasteiger partial charge in [-0.3, -0.25) is 4.98 Å². The van der Waals surface area contributed by atoms with Gasteiger partial charge in [-0.05, 0) is 83.6 Å². The van der Waals surface area contributed by atoms with Gasteiger partial charge in [0.2, 0.25) is 0 Å². The lowest BCUT2D eigenvalue weighted by molar-refractivity contribution is -0.146. The summed E-state index contributed by atoms with van der Waals surface area (Å²) in [6.45, 7) is 2.56. The highest BCUT2D eigenvalue weighted by molar-refractivity contribution is 5.82. The van der Waals surface area contributed by atoms with E-state index in [1.807, 2.05) is 12.4 Å². The van der Waals surface area contributed by atoms with Crippen molar-refractivity contribution in [2.75, 3.05) is 0 Å². The van der Waals surface area contributed by atoms with Gasteiger partial charge in [-0.1, -0.05) is 31.2 Å². The zero-order chi connectivity index (χ0) is 21.8. The predicted octanol–water partition coefficient (Wildman–Crippen LogP) is 4.61. The van der Waals surface area contributed by atoms with E-state index in [9.17, 15) is 5.11 Å². The standard InChI is InChI=1S/C29H29NO3/c1-26-6-4-19-11-21-24-25(32-24)22(31)14-27(21)7-8-29(19,33-27)23(26)12-20-13-28(20,26)18-3-2-16-5-9-30-15-17(16)10-18/h2-5,9-11,15,20,22-25,31H,6-8,12-14H2,1H3/t20-,22-,23+,24+,25-,26-,27+,28-,29?/m0/s1. The number of ether oxygens (including phenoxy) is 2. The first-order valence-electron chi connectivity index (χ1n) is 12.8. The Morgan fingerprint density at radius 2 is 2.06 bits per heavy atom. The van der Waals surface area contributed by atoms with E-state index in [0.29, 0.717) is 12.3 Å². The van der Waals surface area contributed by atoms with E-state index in [-0.39, 0.29) is 34.2 Å². The molecule has 4 nitrogen and oxygen atoms in total. The normalized spacial score (nSPS) is 52.1. The summed E-state index contributed by atoms with van der Waals surface area (Å²) in [6.07, 6.45) is 15.0. The van der Waals surface area contributed by atoms with E-state index in [1.165, 1.54) is 40.3 Å². The van der Waals surface area contributed by atoms with Crippen molar-refractivity contribution in [1.82, 2.24) is 4.98 Å². The van der Waals surface area contributed by atoms with Gasteiger partial charge < -0.3 is 14.6 Å². The number of benzene rings is 1. The van der Waals surface area contributed by atoms with Crippen molar-refractivity contribution in [3.63, 3.8) is 0 Å². The summed E-state index contributed by atoms with van der Waals surface area (Å²) in [5.74, 6) is 1.27. The molecule has 9 rings (SSSR count). The van der Waals surface area contributed by atoms with Gasteiger partial charge >= 0.3 is 0 Å². The molecular weight excluding hydrogens is 410 g/mol. The van der Waals surface area contributed by atoms with Crippen LogP contribution in [0.25, 0.3) is 10.8 Å². The van der Waals surface area contributed by atoms with Crippen LogP contribution in [0.15, 0.2) is 60.0 Å². The Morgan fingerprint density at radius 1 is 1.12 bits per heavy atom. The lowest BCUT2D eigenvalue weighted by Gasteiger charge is -2.55. The van der Waals surface area contributed by atoms with Crippen LogP contribution in [-0.4, -0.2) is 39.6 Å². The van der Waals surface area contributed by atoms with Crippen LogP contribution in [0.2, 0.25) is 0 Å². The van der Waals surface area contributed by atoms with Crippen LogP contribution >= 0.6 is 0 Å². The van der Waals surface area contributed by atoms with Gasteiger partial charge in [0.25, 0.3) is 0 Å². The molecule has 1 N–H and O–H groups in total. The fraction of sp³-hybridized carbons (Fsp3) is 0.552. The van der Waals surface area contributed by atoms with Crippen molar-refractivity contribution in [2.45, 2.75) is 80.4 Å². The van der Waals surface area contributed by atoms with E-state index in [0.717, 1.165) is 25.2 Å². The molecule has 4 aliphatic carbocycles. The average Bonchev–Trinajstić information content (AvgIpc) is 3.72. The number of allylic oxidation sites excluding steroid dienone is 1. The zero-order valence-corrected chi connectivity index (χ0v) is 19.0. The van der Waals surface area contributed by atoms with Crippen molar-refractivity contribution in [3.8, 4) is 0 Å². The summed E-state index contributed by atoms with van der Waals surface area (Å²) in [7, 11) is 0. The van der Waals surface area contributed by atoms with Gasteiger partial charge in [-0.25, -0.2) is 0 Å². The number of rotatable bonds is 1. The second-order valence-corrected chi connectivity index (χ2v) is 12.3. The zero-order valence-electron chi connectivity index (χ0n) is 19.0. The Bertz CT molecular complexity index is 1330. The maximum atomic E-state index is 10.7. The molecule has 3 saturated carbocycles. The quantitative estimate of drug-likeness (QED) is 0.660. The summed E-state index contributed by atoms with van der Waals surface area (Å²) >= 11 is 0. The topological polar surface area (TPSA) is 54.9 Å². The molecule has 2 bridgehead atoms. The molecule has 2 aromatic rings. The highest BCUT2D eigenvalue weighted by Crippen LogP contribution is 2.81. The number of nitrogens with zero attached hydrogens (tertiary/aromatic N) is 1. The van der Waals surface area contributed by atoms with Gasteiger partial charge in [-0.15, -0.1) is 0 Å². The average molecular weight is 440 g/mol. The lowest BCUT2D eigenvalue weighted by atomic mass is 9.55. The van der Waals surface area contributed by atoms with Gasteiger partial charge in [0.15, 0.2) is 0 Å². The Morgan fingerprint density at radius 3 is 3.00 bits per heavy atom. The molecule has 3 aliphatic heterocycles. The molecule has 168 valence electrons. The van der Waals surface area contributed by atoms with E-state index >= 15 is 0 Å². The monoisotopic (exact) mass is 439 g/mol. The number of aliphatic hydroxyl groups is 1. The van der Waals surface area contributed by atoms with Crippen LogP contribution in [0, 0.1) is 17.3 Å². The summed E-state index contributed by atoms with van der Waals surface area (Å²) in [6, 6.07) is 9.22. The first-order valence-corrected chi connectivity index (χ1v) is 12.8. The third-order valence-corrected chi connectivity index (χ3v) is 11.2. The van der Waals surface area contributed by atoms with Crippen LogP contribution < -0.4 is 0 Å². The highest BCUT2D eigenvalue weighted by Gasteiger charge is 2.79. The molecule has 2 spiro atoms. The number of hydrogen-bond acceptors (Lipinski definition) is 4. The second-order valence-electron chi connectivity index (χ2n) is 12.3. The molecule has 4 heteroatoms. The molecule has 9 atom stereocenters. The molecule has 0 amide bonds. The largest absolute Gasteiger partial charge is 0.390 e. The number of fused-ring (bicyclic) bond motifs is 6. The Hall–Kier alpha value is -2.01. The Labute approximate surface area is 193 Å². The van der Waals surface area contributed by atoms with Crippen molar-refractivity contribution in [2.24, 2.45) is 17.3 Å². The summed E-state index contributed by atoms with van der Waals surface area (Å²) < 4.78 is 13.2. The fourth-order valence-corrected chi connectivity index (χ4v) is 9.63. The third kappa shape index (κ3) is 1.87. The van der Waals surface area contributed by atoms with Crippen LogP contribution in [0.5, 0.6) is 0 Å². The number of hydrogen-bond donors (Lipinski definition) is 1. The smallest absolute Gasteiger partial charge is 0.114 e. The minimum atomic E-state index is -0.391. The van der Waals surface area contributed by atoms with Crippen molar-refractivity contribution in [3.05, 3.63) is 65.5 Å². The summed E-state index contributed by atoms with van der Waals surface area (Å²) in [4.78, 5) is 4.39. The van der Waals surface area contributed by atoms with Crippen LogP contribution in [-0.2, 0) is 14.9 Å². The molecule has 2 saturated heterocycles.